The number of Topliss-reactive ketones (excluding diaryl/α,β-unsaturated/α-hetero) is 1. The summed E-state index contributed by atoms with van der Waals surface area (Å²) in [5.41, 5.74) is 6.20. The van der Waals surface area contributed by atoms with E-state index in [1.165, 1.54) is 4.80 Å². The van der Waals surface area contributed by atoms with Crippen LogP contribution in [0, 0.1) is 0 Å². The molecule has 2 N–H and O–H groups in total. The van der Waals surface area contributed by atoms with Crippen LogP contribution < -0.4 is 5.73 Å². The first-order valence-electron chi connectivity index (χ1n) is 4.83. The number of hydrogen-bond donors (Lipinski definition) is 1. The zero-order valence-electron chi connectivity index (χ0n) is 8.74. The molecule has 0 radical (unpaired) electrons. The van der Waals surface area contributed by atoms with Gasteiger partial charge < -0.3 is 5.73 Å². The molecule has 0 fully saturated rings. The Morgan fingerprint density at radius 2 is 2.06 bits per heavy atom. The standard InChI is InChI=1S/C10H11N5O/c1-7(11)9(16)10-12-14-15(13-10)8-5-3-2-4-6-8/h2-7H,11H2,1H3. The molecule has 0 aliphatic rings. The van der Waals surface area contributed by atoms with E-state index in [1.807, 2.05) is 30.3 Å². The van der Waals surface area contributed by atoms with Gasteiger partial charge in [-0.05, 0) is 24.3 Å². The van der Waals surface area contributed by atoms with Crippen LogP contribution in [-0.4, -0.2) is 32.0 Å². The molecule has 0 saturated heterocycles. The summed E-state index contributed by atoms with van der Waals surface area (Å²) in [6.07, 6.45) is 0. The van der Waals surface area contributed by atoms with E-state index < -0.39 is 6.04 Å². The molecule has 0 aliphatic carbocycles. The summed E-state index contributed by atoms with van der Waals surface area (Å²) in [7, 11) is 0. The number of aromatic nitrogens is 4. The molecule has 0 saturated carbocycles. The Morgan fingerprint density at radius 1 is 1.38 bits per heavy atom. The van der Waals surface area contributed by atoms with Crippen molar-refractivity contribution in [3.63, 3.8) is 0 Å². The summed E-state index contributed by atoms with van der Waals surface area (Å²) in [6, 6.07) is 8.61. The van der Waals surface area contributed by atoms with Crippen molar-refractivity contribution in [1.82, 2.24) is 20.2 Å². The van der Waals surface area contributed by atoms with Crippen LogP contribution in [0.5, 0.6) is 0 Å². The second-order valence-corrected chi connectivity index (χ2v) is 3.39. The molecule has 0 spiro atoms. The van der Waals surface area contributed by atoms with Gasteiger partial charge in [0.15, 0.2) is 0 Å². The first-order chi connectivity index (χ1) is 7.68. The molecule has 16 heavy (non-hydrogen) atoms. The number of benzene rings is 1. The van der Waals surface area contributed by atoms with Crippen LogP contribution in [0.15, 0.2) is 30.3 Å². The van der Waals surface area contributed by atoms with Crippen molar-refractivity contribution in [3.8, 4) is 5.69 Å². The fourth-order valence-corrected chi connectivity index (χ4v) is 1.19. The summed E-state index contributed by atoms with van der Waals surface area (Å²) < 4.78 is 0. The van der Waals surface area contributed by atoms with E-state index in [2.05, 4.69) is 15.4 Å². The Kier molecular flexibility index (Phi) is 2.74. The van der Waals surface area contributed by atoms with Crippen LogP contribution in [0.4, 0.5) is 0 Å². The Labute approximate surface area is 92.1 Å². The van der Waals surface area contributed by atoms with Crippen molar-refractivity contribution in [2.75, 3.05) is 0 Å². The van der Waals surface area contributed by atoms with Gasteiger partial charge in [0.1, 0.15) is 0 Å². The average molecular weight is 217 g/mol. The molecule has 0 amide bonds. The molecular weight excluding hydrogens is 206 g/mol. The van der Waals surface area contributed by atoms with Crippen LogP contribution in [0.25, 0.3) is 5.69 Å². The SMILES string of the molecule is CC(N)C(=O)c1nnn(-c2ccccc2)n1. The second kappa shape index (κ2) is 4.19. The van der Waals surface area contributed by atoms with Gasteiger partial charge in [-0.15, -0.1) is 15.0 Å². The molecule has 6 nitrogen and oxygen atoms in total. The van der Waals surface area contributed by atoms with Gasteiger partial charge in [0, 0.05) is 0 Å². The number of carbonyl (C=O) groups is 1. The van der Waals surface area contributed by atoms with Crippen LogP contribution in [-0.2, 0) is 0 Å². The minimum Gasteiger partial charge on any atom is -0.321 e. The quantitative estimate of drug-likeness (QED) is 0.742. The van der Waals surface area contributed by atoms with Gasteiger partial charge in [0.2, 0.25) is 11.6 Å². The molecule has 6 heteroatoms. The average Bonchev–Trinajstić information content (AvgIpc) is 2.78. The zero-order valence-corrected chi connectivity index (χ0v) is 8.74. The number of nitrogens with two attached hydrogens (primary N) is 1. The minimum atomic E-state index is -0.617. The molecule has 0 bridgehead atoms. The molecule has 1 atom stereocenters. The summed E-state index contributed by atoms with van der Waals surface area (Å²) in [5, 5.41) is 11.4. The van der Waals surface area contributed by atoms with E-state index >= 15 is 0 Å². The Balaban J connectivity index is 2.30. The Hall–Kier alpha value is -2.08. The summed E-state index contributed by atoms with van der Waals surface area (Å²) in [6.45, 7) is 1.59. The van der Waals surface area contributed by atoms with Gasteiger partial charge in [0.25, 0.3) is 0 Å². The van der Waals surface area contributed by atoms with E-state index in [4.69, 9.17) is 5.73 Å². The monoisotopic (exact) mass is 217 g/mol. The molecule has 1 unspecified atom stereocenters. The highest BCUT2D eigenvalue weighted by atomic mass is 16.1. The maximum atomic E-state index is 11.5. The highest BCUT2D eigenvalue weighted by Crippen LogP contribution is 2.03. The minimum absolute atomic E-state index is 0.0406. The number of rotatable bonds is 3. The van der Waals surface area contributed by atoms with Gasteiger partial charge >= 0.3 is 0 Å². The summed E-state index contributed by atoms with van der Waals surface area (Å²) in [4.78, 5) is 12.8. The third kappa shape index (κ3) is 1.96. The van der Waals surface area contributed by atoms with Crippen molar-refractivity contribution in [2.24, 2.45) is 5.73 Å². The summed E-state index contributed by atoms with van der Waals surface area (Å²) in [5.74, 6) is -0.277. The number of hydrogen-bond acceptors (Lipinski definition) is 5. The van der Waals surface area contributed by atoms with E-state index in [9.17, 15) is 4.79 Å². The van der Waals surface area contributed by atoms with Crippen LogP contribution in [0.2, 0.25) is 0 Å². The van der Waals surface area contributed by atoms with Crippen LogP contribution in [0.3, 0.4) is 0 Å². The normalized spacial score (nSPS) is 12.4. The van der Waals surface area contributed by atoms with Gasteiger partial charge in [-0.2, -0.15) is 0 Å². The molecule has 2 aromatic rings. The first-order valence-corrected chi connectivity index (χ1v) is 4.83. The molecule has 1 heterocycles. The fourth-order valence-electron chi connectivity index (χ4n) is 1.19. The van der Waals surface area contributed by atoms with E-state index in [-0.39, 0.29) is 11.6 Å². The van der Waals surface area contributed by atoms with Gasteiger partial charge in [-0.3, -0.25) is 4.79 Å². The molecule has 2 rings (SSSR count). The molecular formula is C10H11N5O. The lowest BCUT2D eigenvalue weighted by atomic mass is 10.2. The molecule has 0 aliphatic heterocycles. The maximum Gasteiger partial charge on any atom is 0.242 e. The number of carbonyl (C=O) groups excluding carboxylic acids is 1. The molecule has 82 valence electrons. The Morgan fingerprint density at radius 3 is 2.69 bits per heavy atom. The van der Waals surface area contributed by atoms with Crippen molar-refractivity contribution < 1.29 is 4.79 Å². The van der Waals surface area contributed by atoms with E-state index in [1.54, 1.807) is 6.92 Å². The maximum absolute atomic E-state index is 11.5. The largest absolute Gasteiger partial charge is 0.321 e. The second-order valence-electron chi connectivity index (χ2n) is 3.39. The topological polar surface area (TPSA) is 86.7 Å². The predicted molar refractivity (Wildman–Crippen MR) is 57.1 cm³/mol. The first kappa shape index (κ1) is 10.4. The molecule has 1 aromatic carbocycles. The molecule has 1 aromatic heterocycles. The van der Waals surface area contributed by atoms with Crippen molar-refractivity contribution in [2.45, 2.75) is 13.0 Å². The fraction of sp³-hybridized carbons (Fsp3) is 0.200. The highest BCUT2D eigenvalue weighted by molar-refractivity contribution is 5.96. The van der Waals surface area contributed by atoms with Gasteiger partial charge in [-0.1, -0.05) is 18.2 Å². The van der Waals surface area contributed by atoms with E-state index in [0.717, 1.165) is 5.69 Å². The lowest BCUT2D eigenvalue weighted by molar-refractivity contribution is 0.0957. The van der Waals surface area contributed by atoms with Crippen LogP contribution in [0.1, 0.15) is 17.5 Å². The van der Waals surface area contributed by atoms with Crippen molar-refractivity contribution in [3.05, 3.63) is 36.2 Å². The van der Waals surface area contributed by atoms with Crippen molar-refractivity contribution in [1.29, 1.82) is 0 Å². The van der Waals surface area contributed by atoms with Crippen molar-refractivity contribution >= 4 is 5.78 Å². The predicted octanol–water partition coefficient (Wildman–Crippen LogP) is 0.192. The summed E-state index contributed by atoms with van der Waals surface area (Å²) >= 11 is 0. The third-order valence-corrected chi connectivity index (χ3v) is 2.03. The highest BCUT2D eigenvalue weighted by Gasteiger charge is 2.16. The van der Waals surface area contributed by atoms with Crippen LogP contribution >= 0.6 is 0 Å². The lowest BCUT2D eigenvalue weighted by Crippen LogP contribution is -2.27. The Bertz CT molecular complexity index is 491. The van der Waals surface area contributed by atoms with Gasteiger partial charge in [0.05, 0.1) is 11.7 Å². The number of tetrazole rings is 1. The number of nitrogens with zero attached hydrogens (tertiary/aromatic N) is 4. The smallest absolute Gasteiger partial charge is 0.242 e. The van der Waals surface area contributed by atoms with Gasteiger partial charge in [-0.25, -0.2) is 0 Å². The van der Waals surface area contributed by atoms with E-state index in [0.29, 0.717) is 0 Å². The lowest BCUT2D eigenvalue weighted by Gasteiger charge is -1.97. The third-order valence-electron chi connectivity index (χ3n) is 2.03. The number of para-hydroxylation sites is 1. The number of ketones is 1. The zero-order chi connectivity index (χ0) is 11.5.